The van der Waals surface area contributed by atoms with Crippen molar-refractivity contribution >= 4 is 11.9 Å². The number of carbonyl (C=O) groups is 2. The molecule has 1 saturated heterocycles. The van der Waals surface area contributed by atoms with Crippen LogP contribution >= 0.6 is 0 Å². The summed E-state index contributed by atoms with van der Waals surface area (Å²) < 4.78 is 0. The molecule has 1 aliphatic heterocycles. The van der Waals surface area contributed by atoms with E-state index in [0.717, 1.165) is 5.57 Å². The van der Waals surface area contributed by atoms with Crippen LogP contribution in [0.2, 0.25) is 0 Å². The third kappa shape index (κ3) is 2.58. The normalized spacial score (nSPS) is 20.7. The van der Waals surface area contributed by atoms with E-state index in [2.05, 4.69) is 0 Å². The van der Waals surface area contributed by atoms with Crippen molar-refractivity contribution in [3.05, 3.63) is 11.6 Å². The van der Waals surface area contributed by atoms with Crippen molar-refractivity contribution in [1.82, 2.24) is 4.90 Å². The third-order valence-electron chi connectivity index (χ3n) is 2.26. The predicted octanol–water partition coefficient (Wildman–Crippen LogP) is 0.886. The molecule has 0 saturated carbocycles. The van der Waals surface area contributed by atoms with Crippen molar-refractivity contribution in [2.24, 2.45) is 5.92 Å². The molecular weight excluding hydrogens is 182 g/mol. The number of allylic oxidation sites excluding steroid dienone is 1. The van der Waals surface area contributed by atoms with E-state index in [-0.39, 0.29) is 11.8 Å². The van der Waals surface area contributed by atoms with E-state index in [4.69, 9.17) is 5.11 Å². The molecular formula is C10H15NO3. The second kappa shape index (κ2) is 4.26. The highest BCUT2D eigenvalue weighted by molar-refractivity contribution is 5.89. The Labute approximate surface area is 83.2 Å². The molecule has 1 heterocycles. The van der Waals surface area contributed by atoms with Gasteiger partial charge in [0.1, 0.15) is 0 Å². The van der Waals surface area contributed by atoms with Gasteiger partial charge in [-0.15, -0.1) is 0 Å². The maximum atomic E-state index is 11.5. The SMILES string of the molecule is CC(C)=CC(=O)N1CCC(C(=O)O)C1. The second-order valence-electron chi connectivity index (χ2n) is 3.83. The lowest BCUT2D eigenvalue weighted by molar-refractivity contribution is -0.141. The molecule has 1 fully saturated rings. The minimum Gasteiger partial charge on any atom is -0.481 e. The summed E-state index contributed by atoms with van der Waals surface area (Å²) in [6.07, 6.45) is 2.11. The monoisotopic (exact) mass is 197 g/mol. The number of hydrogen-bond acceptors (Lipinski definition) is 2. The summed E-state index contributed by atoms with van der Waals surface area (Å²) in [4.78, 5) is 23.7. The Hall–Kier alpha value is -1.32. The van der Waals surface area contributed by atoms with Crippen LogP contribution in [0.4, 0.5) is 0 Å². The highest BCUT2D eigenvalue weighted by Gasteiger charge is 2.29. The van der Waals surface area contributed by atoms with E-state index < -0.39 is 5.97 Å². The molecule has 1 aliphatic rings. The summed E-state index contributed by atoms with van der Waals surface area (Å²) in [5.74, 6) is -1.27. The van der Waals surface area contributed by atoms with Crippen molar-refractivity contribution < 1.29 is 14.7 Å². The van der Waals surface area contributed by atoms with Gasteiger partial charge in [0.05, 0.1) is 5.92 Å². The summed E-state index contributed by atoms with van der Waals surface area (Å²) in [7, 11) is 0. The van der Waals surface area contributed by atoms with Gasteiger partial charge in [-0.05, 0) is 20.3 Å². The third-order valence-corrected chi connectivity index (χ3v) is 2.26. The lowest BCUT2D eigenvalue weighted by Crippen LogP contribution is -2.28. The highest BCUT2D eigenvalue weighted by Crippen LogP contribution is 2.16. The van der Waals surface area contributed by atoms with Crippen LogP contribution < -0.4 is 0 Å². The topological polar surface area (TPSA) is 57.6 Å². The molecule has 0 spiro atoms. The van der Waals surface area contributed by atoms with Crippen molar-refractivity contribution in [3.8, 4) is 0 Å². The summed E-state index contributed by atoms with van der Waals surface area (Å²) in [5, 5.41) is 8.74. The molecule has 0 radical (unpaired) electrons. The molecule has 1 atom stereocenters. The van der Waals surface area contributed by atoms with Crippen molar-refractivity contribution in [2.45, 2.75) is 20.3 Å². The molecule has 0 bridgehead atoms. The van der Waals surface area contributed by atoms with Gasteiger partial charge in [-0.1, -0.05) is 5.57 Å². The summed E-state index contributed by atoms with van der Waals surface area (Å²) in [6, 6.07) is 0. The Bertz CT molecular complexity index is 279. The van der Waals surface area contributed by atoms with Gasteiger partial charge >= 0.3 is 5.97 Å². The molecule has 1 unspecified atom stereocenters. The molecule has 1 rings (SSSR count). The van der Waals surface area contributed by atoms with Crippen molar-refractivity contribution in [1.29, 1.82) is 0 Å². The van der Waals surface area contributed by atoms with E-state index in [9.17, 15) is 9.59 Å². The van der Waals surface area contributed by atoms with Gasteiger partial charge in [-0.25, -0.2) is 0 Å². The smallest absolute Gasteiger partial charge is 0.308 e. The number of carbonyl (C=O) groups excluding carboxylic acids is 1. The van der Waals surface area contributed by atoms with Crippen LogP contribution in [0, 0.1) is 5.92 Å². The number of carboxylic acids is 1. The zero-order valence-electron chi connectivity index (χ0n) is 8.49. The van der Waals surface area contributed by atoms with Gasteiger partial charge in [0.2, 0.25) is 5.91 Å². The van der Waals surface area contributed by atoms with Crippen LogP contribution in [-0.4, -0.2) is 35.0 Å². The number of carboxylic acid groups (broad SMARTS) is 1. The van der Waals surface area contributed by atoms with E-state index in [1.165, 1.54) is 0 Å². The highest BCUT2D eigenvalue weighted by atomic mass is 16.4. The fourth-order valence-electron chi connectivity index (χ4n) is 1.50. The molecule has 0 aromatic carbocycles. The van der Waals surface area contributed by atoms with Crippen LogP contribution in [0.3, 0.4) is 0 Å². The molecule has 1 amide bonds. The fourth-order valence-corrected chi connectivity index (χ4v) is 1.50. The molecule has 1 N–H and O–H groups in total. The Morgan fingerprint density at radius 2 is 2.07 bits per heavy atom. The summed E-state index contributed by atoms with van der Waals surface area (Å²) in [6.45, 7) is 4.60. The number of rotatable bonds is 2. The van der Waals surface area contributed by atoms with Gasteiger partial charge in [-0.3, -0.25) is 9.59 Å². The van der Waals surface area contributed by atoms with E-state index in [0.29, 0.717) is 19.5 Å². The van der Waals surface area contributed by atoms with Gasteiger partial charge in [0, 0.05) is 19.2 Å². The van der Waals surface area contributed by atoms with Crippen LogP contribution in [-0.2, 0) is 9.59 Å². The average Bonchev–Trinajstić information content (AvgIpc) is 2.50. The number of amides is 1. The van der Waals surface area contributed by atoms with E-state index in [1.807, 2.05) is 13.8 Å². The Morgan fingerprint density at radius 3 is 2.50 bits per heavy atom. The largest absolute Gasteiger partial charge is 0.481 e. The van der Waals surface area contributed by atoms with Crippen LogP contribution in [0.15, 0.2) is 11.6 Å². The van der Waals surface area contributed by atoms with E-state index in [1.54, 1.807) is 11.0 Å². The Balaban J connectivity index is 2.54. The van der Waals surface area contributed by atoms with Crippen LogP contribution in [0.5, 0.6) is 0 Å². The second-order valence-corrected chi connectivity index (χ2v) is 3.83. The summed E-state index contributed by atoms with van der Waals surface area (Å²) in [5.41, 5.74) is 0.939. The Kier molecular flexibility index (Phi) is 3.28. The van der Waals surface area contributed by atoms with Crippen LogP contribution in [0.1, 0.15) is 20.3 Å². The predicted molar refractivity (Wildman–Crippen MR) is 51.8 cm³/mol. The number of likely N-dealkylation sites (tertiary alicyclic amines) is 1. The zero-order valence-corrected chi connectivity index (χ0v) is 8.49. The van der Waals surface area contributed by atoms with Gasteiger partial charge in [0.25, 0.3) is 0 Å². The molecule has 0 aliphatic carbocycles. The average molecular weight is 197 g/mol. The maximum Gasteiger partial charge on any atom is 0.308 e. The fraction of sp³-hybridized carbons (Fsp3) is 0.600. The lowest BCUT2D eigenvalue weighted by atomic mass is 10.1. The molecule has 78 valence electrons. The first kappa shape index (κ1) is 10.8. The first-order chi connectivity index (χ1) is 6.50. The van der Waals surface area contributed by atoms with Crippen molar-refractivity contribution in [3.63, 3.8) is 0 Å². The molecule has 0 aromatic rings. The molecule has 4 nitrogen and oxygen atoms in total. The Morgan fingerprint density at radius 1 is 1.43 bits per heavy atom. The van der Waals surface area contributed by atoms with E-state index >= 15 is 0 Å². The van der Waals surface area contributed by atoms with Gasteiger partial charge in [-0.2, -0.15) is 0 Å². The number of aliphatic carboxylic acids is 1. The number of nitrogens with zero attached hydrogens (tertiary/aromatic N) is 1. The molecule has 0 aromatic heterocycles. The molecule has 14 heavy (non-hydrogen) atoms. The maximum absolute atomic E-state index is 11.5. The van der Waals surface area contributed by atoms with Gasteiger partial charge in [0.15, 0.2) is 0 Å². The standard InChI is InChI=1S/C10H15NO3/c1-7(2)5-9(12)11-4-3-8(6-11)10(13)14/h5,8H,3-4,6H2,1-2H3,(H,13,14). The minimum absolute atomic E-state index is 0.0752. The molecule has 4 heteroatoms. The quantitative estimate of drug-likeness (QED) is 0.669. The lowest BCUT2D eigenvalue weighted by Gasteiger charge is -2.13. The zero-order chi connectivity index (χ0) is 10.7. The van der Waals surface area contributed by atoms with Gasteiger partial charge < -0.3 is 10.0 Å². The number of hydrogen-bond donors (Lipinski definition) is 1. The van der Waals surface area contributed by atoms with Crippen LogP contribution in [0.25, 0.3) is 0 Å². The summed E-state index contributed by atoms with van der Waals surface area (Å²) >= 11 is 0. The first-order valence-electron chi connectivity index (χ1n) is 4.67. The van der Waals surface area contributed by atoms with Crippen molar-refractivity contribution in [2.75, 3.05) is 13.1 Å². The first-order valence-corrected chi connectivity index (χ1v) is 4.67. The minimum atomic E-state index is -0.808.